The van der Waals surface area contributed by atoms with E-state index in [-0.39, 0.29) is 16.8 Å². The standard InChI is InChI=1S/C15H22FNO/c1-14(2,3)15(9-6-10-17-15)11-7-5-8-12(18-4)13(11)16/h5,7-8,17H,6,9-10H2,1-4H3. The lowest BCUT2D eigenvalue weighted by atomic mass is 9.68. The molecule has 1 aliphatic heterocycles. The molecule has 0 bridgehead atoms. The maximum absolute atomic E-state index is 14.5. The summed E-state index contributed by atoms with van der Waals surface area (Å²) in [4.78, 5) is 0. The molecule has 0 aromatic heterocycles. The molecule has 3 heteroatoms. The molecule has 2 rings (SSSR count). The molecule has 0 amide bonds. The Morgan fingerprint density at radius 1 is 1.33 bits per heavy atom. The van der Waals surface area contributed by atoms with Gasteiger partial charge in [-0.1, -0.05) is 32.9 Å². The van der Waals surface area contributed by atoms with Gasteiger partial charge in [0, 0.05) is 5.56 Å². The number of rotatable bonds is 2. The first-order chi connectivity index (χ1) is 8.42. The third-order valence-corrected chi connectivity index (χ3v) is 4.08. The maximum Gasteiger partial charge on any atom is 0.170 e. The largest absolute Gasteiger partial charge is 0.494 e. The van der Waals surface area contributed by atoms with E-state index >= 15 is 0 Å². The molecule has 0 radical (unpaired) electrons. The molecule has 1 atom stereocenters. The summed E-state index contributed by atoms with van der Waals surface area (Å²) in [6.07, 6.45) is 2.04. The topological polar surface area (TPSA) is 21.3 Å². The van der Waals surface area contributed by atoms with Crippen LogP contribution in [0, 0.1) is 11.2 Å². The molecular formula is C15H22FNO. The van der Waals surface area contributed by atoms with Crippen molar-refractivity contribution in [2.24, 2.45) is 5.41 Å². The van der Waals surface area contributed by atoms with E-state index in [4.69, 9.17) is 4.74 Å². The molecule has 1 saturated heterocycles. The van der Waals surface area contributed by atoms with Gasteiger partial charge in [-0.05, 0) is 30.9 Å². The zero-order chi connectivity index (χ0) is 13.4. The monoisotopic (exact) mass is 251 g/mol. The van der Waals surface area contributed by atoms with Crippen molar-refractivity contribution in [1.82, 2.24) is 5.32 Å². The molecule has 1 fully saturated rings. The second-order valence-corrected chi connectivity index (χ2v) is 6.01. The number of nitrogens with one attached hydrogen (secondary N) is 1. The first-order valence-electron chi connectivity index (χ1n) is 6.50. The van der Waals surface area contributed by atoms with Gasteiger partial charge >= 0.3 is 0 Å². The molecular weight excluding hydrogens is 229 g/mol. The van der Waals surface area contributed by atoms with Gasteiger partial charge in [-0.2, -0.15) is 0 Å². The summed E-state index contributed by atoms with van der Waals surface area (Å²) < 4.78 is 19.6. The van der Waals surface area contributed by atoms with Crippen molar-refractivity contribution >= 4 is 0 Å². The molecule has 1 unspecified atom stereocenters. The Labute approximate surface area is 109 Å². The number of benzene rings is 1. The number of ether oxygens (including phenoxy) is 1. The molecule has 2 nitrogen and oxygen atoms in total. The predicted molar refractivity (Wildman–Crippen MR) is 71.3 cm³/mol. The zero-order valence-electron chi connectivity index (χ0n) is 11.6. The number of hydrogen-bond acceptors (Lipinski definition) is 2. The smallest absolute Gasteiger partial charge is 0.170 e. The molecule has 0 spiro atoms. The van der Waals surface area contributed by atoms with Crippen LogP contribution < -0.4 is 10.1 Å². The number of halogens is 1. The van der Waals surface area contributed by atoms with Gasteiger partial charge in [-0.25, -0.2) is 4.39 Å². The van der Waals surface area contributed by atoms with Crippen LogP contribution in [0.2, 0.25) is 0 Å². The fourth-order valence-electron chi connectivity index (χ4n) is 3.02. The average molecular weight is 251 g/mol. The third-order valence-electron chi connectivity index (χ3n) is 4.08. The normalized spacial score (nSPS) is 24.3. The molecule has 1 aliphatic rings. The predicted octanol–water partition coefficient (Wildman–Crippen LogP) is 3.46. The van der Waals surface area contributed by atoms with Crippen LogP contribution in [0.4, 0.5) is 4.39 Å². The van der Waals surface area contributed by atoms with Crippen LogP contribution in [-0.4, -0.2) is 13.7 Å². The summed E-state index contributed by atoms with van der Waals surface area (Å²) in [5.74, 6) is 0.0918. The minimum atomic E-state index is -0.300. The molecule has 1 aromatic carbocycles. The Kier molecular flexibility index (Phi) is 3.37. The van der Waals surface area contributed by atoms with Gasteiger partial charge in [0.2, 0.25) is 0 Å². The Morgan fingerprint density at radius 2 is 2.06 bits per heavy atom. The summed E-state index contributed by atoms with van der Waals surface area (Å²) in [7, 11) is 1.51. The van der Waals surface area contributed by atoms with Crippen molar-refractivity contribution in [2.45, 2.75) is 39.2 Å². The molecule has 1 heterocycles. The SMILES string of the molecule is COc1cccc(C2(C(C)(C)C)CCCN2)c1F. The van der Waals surface area contributed by atoms with Crippen molar-refractivity contribution in [3.63, 3.8) is 0 Å². The van der Waals surface area contributed by atoms with Crippen LogP contribution in [0.5, 0.6) is 5.75 Å². The Bertz CT molecular complexity index is 431. The summed E-state index contributed by atoms with van der Waals surface area (Å²) in [5.41, 5.74) is 0.384. The second kappa shape index (κ2) is 4.54. The highest BCUT2D eigenvalue weighted by Crippen LogP contribution is 2.47. The van der Waals surface area contributed by atoms with Gasteiger partial charge in [0.05, 0.1) is 12.6 Å². The molecule has 1 N–H and O–H groups in total. The quantitative estimate of drug-likeness (QED) is 0.869. The van der Waals surface area contributed by atoms with Crippen LogP contribution in [-0.2, 0) is 5.54 Å². The van der Waals surface area contributed by atoms with Crippen molar-refractivity contribution < 1.29 is 9.13 Å². The molecule has 0 saturated carbocycles. The average Bonchev–Trinajstić information content (AvgIpc) is 2.79. The lowest BCUT2D eigenvalue weighted by Crippen LogP contribution is -2.48. The van der Waals surface area contributed by atoms with E-state index in [2.05, 4.69) is 26.1 Å². The van der Waals surface area contributed by atoms with E-state index in [1.165, 1.54) is 7.11 Å². The van der Waals surface area contributed by atoms with Crippen LogP contribution in [0.15, 0.2) is 18.2 Å². The second-order valence-electron chi connectivity index (χ2n) is 6.01. The molecule has 100 valence electrons. The van der Waals surface area contributed by atoms with E-state index in [1.54, 1.807) is 6.07 Å². The zero-order valence-corrected chi connectivity index (χ0v) is 11.6. The van der Waals surface area contributed by atoms with E-state index in [1.807, 2.05) is 12.1 Å². The summed E-state index contributed by atoms with van der Waals surface area (Å²) in [6, 6.07) is 5.41. The van der Waals surface area contributed by atoms with Crippen LogP contribution in [0.25, 0.3) is 0 Å². The van der Waals surface area contributed by atoms with E-state index in [0.29, 0.717) is 5.75 Å². The highest BCUT2D eigenvalue weighted by molar-refractivity contribution is 5.37. The highest BCUT2D eigenvalue weighted by atomic mass is 19.1. The van der Waals surface area contributed by atoms with E-state index in [9.17, 15) is 4.39 Å². The Morgan fingerprint density at radius 3 is 2.56 bits per heavy atom. The number of methoxy groups -OCH3 is 1. The van der Waals surface area contributed by atoms with Gasteiger partial charge in [-0.15, -0.1) is 0 Å². The highest BCUT2D eigenvalue weighted by Gasteiger charge is 2.47. The first kappa shape index (κ1) is 13.3. The van der Waals surface area contributed by atoms with Gasteiger partial charge in [0.25, 0.3) is 0 Å². The van der Waals surface area contributed by atoms with Gasteiger partial charge in [0.15, 0.2) is 11.6 Å². The summed E-state index contributed by atoms with van der Waals surface area (Å²) in [6.45, 7) is 7.41. The van der Waals surface area contributed by atoms with Crippen molar-refractivity contribution in [1.29, 1.82) is 0 Å². The fraction of sp³-hybridized carbons (Fsp3) is 0.600. The van der Waals surface area contributed by atoms with E-state index in [0.717, 1.165) is 24.9 Å². The minimum Gasteiger partial charge on any atom is -0.494 e. The van der Waals surface area contributed by atoms with Gasteiger partial charge in [-0.3, -0.25) is 0 Å². The Balaban J connectivity index is 2.57. The maximum atomic E-state index is 14.5. The first-order valence-corrected chi connectivity index (χ1v) is 6.50. The van der Waals surface area contributed by atoms with Crippen LogP contribution in [0.1, 0.15) is 39.2 Å². The lowest BCUT2D eigenvalue weighted by molar-refractivity contribution is 0.154. The molecule has 1 aromatic rings. The van der Waals surface area contributed by atoms with Gasteiger partial charge < -0.3 is 10.1 Å². The van der Waals surface area contributed by atoms with Crippen LogP contribution >= 0.6 is 0 Å². The molecule has 18 heavy (non-hydrogen) atoms. The summed E-state index contributed by atoms with van der Waals surface area (Å²) >= 11 is 0. The van der Waals surface area contributed by atoms with Gasteiger partial charge in [0.1, 0.15) is 0 Å². The Hall–Kier alpha value is -1.09. The minimum absolute atomic E-state index is 0.0449. The number of hydrogen-bond donors (Lipinski definition) is 1. The van der Waals surface area contributed by atoms with Crippen LogP contribution in [0.3, 0.4) is 0 Å². The van der Waals surface area contributed by atoms with E-state index < -0.39 is 0 Å². The van der Waals surface area contributed by atoms with Crippen molar-refractivity contribution in [2.75, 3.05) is 13.7 Å². The lowest BCUT2D eigenvalue weighted by Gasteiger charge is -2.43. The third kappa shape index (κ3) is 1.91. The fourth-order valence-corrected chi connectivity index (χ4v) is 3.02. The van der Waals surface area contributed by atoms with Crippen molar-refractivity contribution in [3.8, 4) is 5.75 Å². The summed E-state index contributed by atoms with van der Waals surface area (Å²) in [5, 5.41) is 3.52. The van der Waals surface area contributed by atoms with Crippen molar-refractivity contribution in [3.05, 3.63) is 29.6 Å². The molecule has 0 aliphatic carbocycles.